The molecule has 1 saturated heterocycles. The third-order valence-corrected chi connectivity index (χ3v) is 3.65. The highest BCUT2D eigenvalue weighted by Gasteiger charge is 2.41. The molecule has 8 heteroatoms. The zero-order chi connectivity index (χ0) is 14.8. The van der Waals surface area contributed by atoms with Gasteiger partial charge in [0.25, 0.3) is 0 Å². The van der Waals surface area contributed by atoms with E-state index < -0.39 is 18.3 Å². The van der Waals surface area contributed by atoms with Gasteiger partial charge >= 0.3 is 6.18 Å². The molecule has 0 aromatic heterocycles. The summed E-state index contributed by atoms with van der Waals surface area (Å²) in [6, 6.07) is -2.05. The van der Waals surface area contributed by atoms with Crippen LogP contribution in [0.1, 0.15) is 20.8 Å². The average molecular weight is 318 g/mol. The lowest BCUT2D eigenvalue weighted by molar-refractivity contribution is -0.183. The first-order chi connectivity index (χ1) is 8.64. The van der Waals surface area contributed by atoms with Crippen LogP contribution in [0.2, 0.25) is 0 Å². The Bertz CT molecular complexity index is 318. The number of piperazine rings is 1. The van der Waals surface area contributed by atoms with Crippen molar-refractivity contribution < 1.29 is 18.0 Å². The van der Waals surface area contributed by atoms with Crippen LogP contribution in [-0.2, 0) is 4.79 Å². The number of rotatable bonds is 3. The van der Waals surface area contributed by atoms with Crippen LogP contribution in [0.5, 0.6) is 0 Å². The molecule has 1 aliphatic heterocycles. The summed E-state index contributed by atoms with van der Waals surface area (Å²) >= 11 is 0. The summed E-state index contributed by atoms with van der Waals surface area (Å²) in [5, 5.41) is 0. The molecule has 1 heterocycles. The standard InChI is InChI=1S/C12H22F3N3O.ClH/c1-8(2)10(16)11(19)18-6-4-17(5-7-18)9(3)12(13,14)15;/h8-10H,4-7,16H2,1-3H3;1H/t9?,10-;/m0./s1. The zero-order valence-electron chi connectivity index (χ0n) is 12.0. The maximum atomic E-state index is 12.6. The molecule has 20 heavy (non-hydrogen) atoms. The number of amides is 1. The molecule has 0 spiro atoms. The number of carbonyl (C=O) groups excluding carboxylic acids is 1. The third-order valence-electron chi connectivity index (χ3n) is 3.65. The smallest absolute Gasteiger partial charge is 0.339 e. The average Bonchev–Trinajstić information content (AvgIpc) is 2.35. The fourth-order valence-corrected chi connectivity index (χ4v) is 2.03. The van der Waals surface area contributed by atoms with E-state index >= 15 is 0 Å². The van der Waals surface area contributed by atoms with E-state index in [4.69, 9.17) is 5.73 Å². The van der Waals surface area contributed by atoms with Crippen LogP contribution in [0.4, 0.5) is 13.2 Å². The predicted molar refractivity (Wildman–Crippen MR) is 73.7 cm³/mol. The van der Waals surface area contributed by atoms with Crippen molar-refractivity contribution in [3.8, 4) is 0 Å². The third kappa shape index (κ3) is 4.79. The second-order valence-corrected chi connectivity index (χ2v) is 5.35. The van der Waals surface area contributed by atoms with E-state index in [9.17, 15) is 18.0 Å². The summed E-state index contributed by atoms with van der Waals surface area (Å²) < 4.78 is 37.7. The molecular formula is C12H23ClF3N3O. The normalized spacial score (nSPS) is 20.5. The van der Waals surface area contributed by atoms with Gasteiger partial charge in [-0.15, -0.1) is 12.4 Å². The van der Waals surface area contributed by atoms with Crippen LogP contribution in [0, 0.1) is 5.92 Å². The molecular weight excluding hydrogens is 295 g/mol. The molecule has 0 saturated carbocycles. The van der Waals surface area contributed by atoms with Crippen LogP contribution in [0.15, 0.2) is 0 Å². The lowest BCUT2D eigenvalue weighted by Gasteiger charge is -2.39. The number of carbonyl (C=O) groups is 1. The van der Waals surface area contributed by atoms with Crippen molar-refractivity contribution in [2.75, 3.05) is 26.2 Å². The Hall–Kier alpha value is -0.530. The summed E-state index contributed by atoms with van der Waals surface area (Å²) in [5.41, 5.74) is 5.77. The van der Waals surface area contributed by atoms with Gasteiger partial charge < -0.3 is 10.6 Å². The zero-order valence-corrected chi connectivity index (χ0v) is 12.8. The molecule has 4 nitrogen and oxygen atoms in total. The Kier molecular flexibility index (Phi) is 7.27. The van der Waals surface area contributed by atoms with Gasteiger partial charge in [-0.2, -0.15) is 13.2 Å². The highest BCUT2D eigenvalue weighted by molar-refractivity contribution is 5.85. The maximum absolute atomic E-state index is 12.6. The van der Waals surface area contributed by atoms with Gasteiger partial charge in [0, 0.05) is 26.2 Å². The SMILES string of the molecule is CC(C)[C@H](N)C(=O)N1CCN(C(C)C(F)(F)F)CC1.Cl. The van der Waals surface area contributed by atoms with Crippen molar-refractivity contribution in [1.29, 1.82) is 0 Å². The van der Waals surface area contributed by atoms with Gasteiger partial charge in [-0.05, 0) is 12.8 Å². The van der Waals surface area contributed by atoms with Crippen molar-refractivity contribution in [2.24, 2.45) is 11.7 Å². The highest BCUT2D eigenvalue weighted by Crippen LogP contribution is 2.25. The first kappa shape index (κ1) is 19.5. The topological polar surface area (TPSA) is 49.6 Å². The first-order valence-corrected chi connectivity index (χ1v) is 6.49. The van der Waals surface area contributed by atoms with Crippen molar-refractivity contribution in [1.82, 2.24) is 9.80 Å². The summed E-state index contributed by atoms with van der Waals surface area (Å²) in [7, 11) is 0. The second-order valence-electron chi connectivity index (χ2n) is 5.35. The minimum atomic E-state index is -4.22. The number of hydrogen-bond donors (Lipinski definition) is 1. The molecule has 1 fully saturated rings. The fourth-order valence-electron chi connectivity index (χ4n) is 2.03. The molecule has 0 aromatic rings. The molecule has 0 aromatic carbocycles. The fraction of sp³-hybridized carbons (Fsp3) is 0.917. The number of nitrogens with two attached hydrogens (primary N) is 1. The van der Waals surface area contributed by atoms with E-state index in [0.29, 0.717) is 13.1 Å². The summed E-state index contributed by atoms with van der Waals surface area (Å²) in [5.74, 6) is -0.144. The minimum absolute atomic E-state index is 0. The molecule has 1 aliphatic rings. The van der Waals surface area contributed by atoms with E-state index in [0.717, 1.165) is 6.92 Å². The number of hydrogen-bond acceptors (Lipinski definition) is 3. The lowest BCUT2D eigenvalue weighted by Crippen LogP contribution is -2.57. The molecule has 1 rings (SSSR count). The van der Waals surface area contributed by atoms with Crippen molar-refractivity contribution >= 4 is 18.3 Å². The molecule has 2 N–H and O–H groups in total. The molecule has 0 radical (unpaired) electrons. The van der Waals surface area contributed by atoms with Gasteiger partial charge in [0.2, 0.25) is 5.91 Å². The lowest BCUT2D eigenvalue weighted by atomic mass is 10.0. The first-order valence-electron chi connectivity index (χ1n) is 6.49. The van der Waals surface area contributed by atoms with E-state index in [1.54, 1.807) is 4.90 Å². The Morgan fingerprint density at radius 1 is 1.10 bits per heavy atom. The highest BCUT2D eigenvalue weighted by atomic mass is 35.5. The van der Waals surface area contributed by atoms with Gasteiger partial charge in [-0.3, -0.25) is 9.69 Å². The van der Waals surface area contributed by atoms with Gasteiger partial charge in [-0.1, -0.05) is 13.8 Å². The van der Waals surface area contributed by atoms with Crippen LogP contribution < -0.4 is 5.73 Å². The molecule has 1 unspecified atom stereocenters. The molecule has 120 valence electrons. The molecule has 2 atom stereocenters. The minimum Gasteiger partial charge on any atom is -0.339 e. The van der Waals surface area contributed by atoms with Crippen molar-refractivity contribution in [3.63, 3.8) is 0 Å². The molecule has 0 aliphatic carbocycles. The Balaban J connectivity index is 0.00000361. The quantitative estimate of drug-likeness (QED) is 0.858. The maximum Gasteiger partial charge on any atom is 0.403 e. The Morgan fingerprint density at radius 3 is 1.90 bits per heavy atom. The summed E-state index contributed by atoms with van der Waals surface area (Å²) in [6.45, 7) is 5.93. The van der Waals surface area contributed by atoms with E-state index in [-0.39, 0.29) is 37.3 Å². The monoisotopic (exact) mass is 317 g/mol. The van der Waals surface area contributed by atoms with Crippen molar-refractivity contribution in [3.05, 3.63) is 0 Å². The van der Waals surface area contributed by atoms with Crippen molar-refractivity contribution in [2.45, 2.75) is 39.0 Å². The van der Waals surface area contributed by atoms with Crippen LogP contribution in [0.3, 0.4) is 0 Å². The summed E-state index contributed by atoms with van der Waals surface area (Å²) in [6.07, 6.45) is -4.22. The summed E-state index contributed by atoms with van der Waals surface area (Å²) in [4.78, 5) is 14.9. The van der Waals surface area contributed by atoms with Crippen LogP contribution in [0.25, 0.3) is 0 Å². The van der Waals surface area contributed by atoms with E-state index in [1.807, 2.05) is 13.8 Å². The second kappa shape index (κ2) is 7.47. The number of nitrogens with zero attached hydrogens (tertiary/aromatic N) is 2. The number of alkyl halides is 3. The van der Waals surface area contributed by atoms with Crippen LogP contribution >= 0.6 is 12.4 Å². The Morgan fingerprint density at radius 2 is 1.55 bits per heavy atom. The predicted octanol–water partition coefficient (Wildman–Crippen LogP) is 1.49. The molecule has 0 bridgehead atoms. The van der Waals surface area contributed by atoms with Crippen LogP contribution in [-0.4, -0.2) is 60.1 Å². The Labute approximate surface area is 123 Å². The van der Waals surface area contributed by atoms with E-state index in [1.165, 1.54) is 4.90 Å². The molecule has 1 amide bonds. The van der Waals surface area contributed by atoms with E-state index in [2.05, 4.69) is 0 Å². The van der Waals surface area contributed by atoms with Gasteiger partial charge in [0.15, 0.2) is 0 Å². The largest absolute Gasteiger partial charge is 0.403 e. The number of halogens is 4. The van der Waals surface area contributed by atoms with Gasteiger partial charge in [0.05, 0.1) is 6.04 Å². The van der Waals surface area contributed by atoms with Gasteiger partial charge in [-0.25, -0.2) is 0 Å². The van der Waals surface area contributed by atoms with Gasteiger partial charge in [0.1, 0.15) is 6.04 Å².